The molecule has 0 saturated carbocycles. The molecule has 0 bridgehead atoms. The van der Waals surface area contributed by atoms with Crippen LogP contribution >= 0.6 is 0 Å². The molecule has 1 aromatic heterocycles. The van der Waals surface area contributed by atoms with Gasteiger partial charge >= 0.3 is 0 Å². The summed E-state index contributed by atoms with van der Waals surface area (Å²) in [5, 5.41) is 9.18. The van der Waals surface area contributed by atoms with Crippen LogP contribution in [0.4, 0.5) is 11.8 Å². The molecular formula is C13H11N5O2. The summed E-state index contributed by atoms with van der Waals surface area (Å²) in [6.07, 6.45) is 0. The fourth-order valence-electron chi connectivity index (χ4n) is 2.01. The third-order valence-corrected chi connectivity index (χ3v) is 2.88. The monoisotopic (exact) mass is 269 g/mol. The van der Waals surface area contributed by atoms with Crippen molar-refractivity contribution < 1.29 is 9.47 Å². The molecule has 2 aromatic rings. The summed E-state index contributed by atoms with van der Waals surface area (Å²) in [6.45, 7) is 0.999. The van der Waals surface area contributed by atoms with Crippen LogP contribution in [0, 0.1) is 11.3 Å². The van der Waals surface area contributed by atoms with Gasteiger partial charge in [-0.1, -0.05) is 0 Å². The van der Waals surface area contributed by atoms with Gasteiger partial charge in [-0.25, -0.2) is 4.98 Å². The zero-order valence-corrected chi connectivity index (χ0v) is 10.5. The molecule has 4 N–H and O–H groups in total. The second-order valence-electron chi connectivity index (χ2n) is 4.16. The molecule has 20 heavy (non-hydrogen) atoms. The maximum atomic E-state index is 9.18. The Labute approximate surface area is 114 Å². The number of anilines is 2. The van der Waals surface area contributed by atoms with Crippen molar-refractivity contribution in [3.05, 3.63) is 23.8 Å². The lowest BCUT2D eigenvalue weighted by molar-refractivity contribution is 0.171. The Morgan fingerprint density at radius 2 is 1.85 bits per heavy atom. The summed E-state index contributed by atoms with van der Waals surface area (Å²) in [7, 11) is 0. The van der Waals surface area contributed by atoms with Gasteiger partial charge in [-0.3, -0.25) is 0 Å². The van der Waals surface area contributed by atoms with E-state index < -0.39 is 0 Å². The zero-order valence-electron chi connectivity index (χ0n) is 10.5. The summed E-state index contributed by atoms with van der Waals surface area (Å²) < 4.78 is 11.0. The SMILES string of the molecule is N#Cc1c(N)nc(N)nc1-c1ccc2c(c1)OCCO2. The van der Waals surface area contributed by atoms with E-state index >= 15 is 0 Å². The predicted octanol–water partition coefficient (Wildman–Crippen LogP) is 0.951. The summed E-state index contributed by atoms with van der Waals surface area (Å²) in [5.74, 6) is 1.35. The molecular weight excluding hydrogens is 258 g/mol. The van der Waals surface area contributed by atoms with E-state index in [0.717, 1.165) is 0 Å². The second kappa shape index (κ2) is 4.59. The Kier molecular flexibility index (Phi) is 2.76. The number of nitrogens with zero attached hydrogens (tertiary/aromatic N) is 3. The molecule has 2 heterocycles. The minimum absolute atomic E-state index is 0.0198. The van der Waals surface area contributed by atoms with Gasteiger partial charge in [0, 0.05) is 5.56 Å². The number of nitrogen functional groups attached to an aromatic ring is 2. The van der Waals surface area contributed by atoms with Crippen LogP contribution in [-0.4, -0.2) is 23.2 Å². The number of ether oxygens (including phenoxy) is 2. The van der Waals surface area contributed by atoms with E-state index in [9.17, 15) is 5.26 Å². The Morgan fingerprint density at radius 3 is 2.60 bits per heavy atom. The minimum Gasteiger partial charge on any atom is -0.486 e. The van der Waals surface area contributed by atoms with Crippen LogP contribution < -0.4 is 20.9 Å². The highest BCUT2D eigenvalue weighted by atomic mass is 16.6. The molecule has 7 nitrogen and oxygen atoms in total. The van der Waals surface area contributed by atoms with Crippen LogP contribution in [0.3, 0.4) is 0 Å². The molecule has 0 aliphatic carbocycles. The molecule has 0 spiro atoms. The molecule has 1 aliphatic heterocycles. The molecule has 7 heteroatoms. The molecule has 3 rings (SSSR count). The van der Waals surface area contributed by atoms with E-state index in [1.54, 1.807) is 18.2 Å². The molecule has 100 valence electrons. The Hall–Kier alpha value is -3.01. The molecule has 0 saturated heterocycles. The van der Waals surface area contributed by atoms with Crippen molar-refractivity contribution >= 4 is 11.8 Å². The van der Waals surface area contributed by atoms with Gasteiger partial charge in [0.15, 0.2) is 11.5 Å². The Bertz CT molecular complexity index is 723. The van der Waals surface area contributed by atoms with Gasteiger partial charge in [-0.2, -0.15) is 10.2 Å². The van der Waals surface area contributed by atoms with E-state index in [2.05, 4.69) is 9.97 Å². The van der Waals surface area contributed by atoms with E-state index in [0.29, 0.717) is 36.0 Å². The zero-order chi connectivity index (χ0) is 14.1. The standard InChI is InChI=1S/C13H11N5O2/c14-6-8-11(17-13(16)18-12(8)15)7-1-2-9-10(5-7)20-4-3-19-9/h1-2,5H,3-4H2,(H4,15,16,17,18). The van der Waals surface area contributed by atoms with E-state index in [-0.39, 0.29) is 17.3 Å². The predicted molar refractivity (Wildman–Crippen MR) is 72.0 cm³/mol. The summed E-state index contributed by atoms with van der Waals surface area (Å²) in [5.41, 5.74) is 12.5. The fourth-order valence-corrected chi connectivity index (χ4v) is 2.01. The molecule has 0 fully saturated rings. The minimum atomic E-state index is 0.0198. The highest BCUT2D eigenvalue weighted by Gasteiger charge is 2.17. The number of hydrogen-bond donors (Lipinski definition) is 2. The average molecular weight is 269 g/mol. The maximum Gasteiger partial charge on any atom is 0.222 e. The van der Waals surface area contributed by atoms with Crippen molar-refractivity contribution in [2.24, 2.45) is 0 Å². The van der Waals surface area contributed by atoms with E-state index in [1.165, 1.54) is 0 Å². The topological polar surface area (TPSA) is 120 Å². The lowest BCUT2D eigenvalue weighted by Gasteiger charge is -2.19. The summed E-state index contributed by atoms with van der Waals surface area (Å²) in [4.78, 5) is 7.88. The first kappa shape index (κ1) is 12.0. The summed E-state index contributed by atoms with van der Waals surface area (Å²) >= 11 is 0. The molecule has 0 unspecified atom stereocenters. The number of benzene rings is 1. The van der Waals surface area contributed by atoms with Crippen molar-refractivity contribution in [1.29, 1.82) is 5.26 Å². The Morgan fingerprint density at radius 1 is 1.10 bits per heavy atom. The van der Waals surface area contributed by atoms with Crippen molar-refractivity contribution in [3.63, 3.8) is 0 Å². The fraction of sp³-hybridized carbons (Fsp3) is 0.154. The van der Waals surface area contributed by atoms with Crippen LogP contribution in [0.2, 0.25) is 0 Å². The molecule has 1 aromatic carbocycles. The molecule has 0 atom stereocenters. The highest BCUT2D eigenvalue weighted by molar-refractivity contribution is 5.74. The maximum absolute atomic E-state index is 9.18. The van der Waals surface area contributed by atoms with Crippen molar-refractivity contribution in [2.75, 3.05) is 24.7 Å². The van der Waals surface area contributed by atoms with Gasteiger partial charge in [0.1, 0.15) is 30.7 Å². The summed E-state index contributed by atoms with van der Waals surface area (Å²) in [6, 6.07) is 7.28. The van der Waals surface area contributed by atoms with E-state index in [4.69, 9.17) is 20.9 Å². The lowest BCUT2D eigenvalue weighted by atomic mass is 10.1. The Balaban J connectivity index is 2.16. The number of rotatable bonds is 1. The largest absolute Gasteiger partial charge is 0.486 e. The quantitative estimate of drug-likeness (QED) is 0.790. The van der Waals surface area contributed by atoms with Crippen LogP contribution in [0.25, 0.3) is 11.3 Å². The normalized spacial score (nSPS) is 12.8. The van der Waals surface area contributed by atoms with Crippen molar-refractivity contribution in [3.8, 4) is 28.8 Å². The lowest BCUT2D eigenvalue weighted by Crippen LogP contribution is -2.15. The third kappa shape index (κ3) is 1.93. The van der Waals surface area contributed by atoms with E-state index in [1.807, 2.05) is 6.07 Å². The first-order chi connectivity index (χ1) is 9.69. The number of nitrogens with two attached hydrogens (primary N) is 2. The number of aromatic nitrogens is 2. The molecule has 0 amide bonds. The van der Waals surface area contributed by atoms with Crippen LogP contribution in [0.15, 0.2) is 18.2 Å². The highest BCUT2D eigenvalue weighted by Crippen LogP contribution is 2.35. The van der Waals surface area contributed by atoms with Gasteiger partial charge in [0.2, 0.25) is 5.95 Å². The van der Waals surface area contributed by atoms with Crippen LogP contribution in [-0.2, 0) is 0 Å². The van der Waals surface area contributed by atoms with Gasteiger partial charge in [0.25, 0.3) is 0 Å². The van der Waals surface area contributed by atoms with Gasteiger partial charge in [-0.05, 0) is 18.2 Å². The molecule has 0 radical (unpaired) electrons. The average Bonchev–Trinajstić information content (AvgIpc) is 2.46. The van der Waals surface area contributed by atoms with Gasteiger partial charge in [-0.15, -0.1) is 0 Å². The van der Waals surface area contributed by atoms with Gasteiger partial charge < -0.3 is 20.9 Å². The smallest absolute Gasteiger partial charge is 0.222 e. The molecule has 1 aliphatic rings. The number of hydrogen-bond acceptors (Lipinski definition) is 7. The first-order valence-electron chi connectivity index (χ1n) is 5.92. The van der Waals surface area contributed by atoms with Crippen molar-refractivity contribution in [2.45, 2.75) is 0 Å². The van der Waals surface area contributed by atoms with Crippen LogP contribution in [0.5, 0.6) is 11.5 Å². The third-order valence-electron chi connectivity index (χ3n) is 2.88. The number of fused-ring (bicyclic) bond motifs is 1. The van der Waals surface area contributed by atoms with Gasteiger partial charge in [0.05, 0.1) is 5.69 Å². The second-order valence-corrected chi connectivity index (χ2v) is 4.16. The van der Waals surface area contributed by atoms with Crippen LogP contribution in [0.1, 0.15) is 5.56 Å². The van der Waals surface area contributed by atoms with Crippen molar-refractivity contribution in [1.82, 2.24) is 9.97 Å². The first-order valence-corrected chi connectivity index (χ1v) is 5.92. The number of nitriles is 1.